The number of nitrogens with zero attached hydrogens (tertiary/aromatic N) is 2. The lowest BCUT2D eigenvalue weighted by Gasteiger charge is -2.27. The molecule has 2 aromatic rings. The summed E-state index contributed by atoms with van der Waals surface area (Å²) in [6.07, 6.45) is 6.71. The third-order valence-corrected chi connectivity index (χ3v) is 7.17. The summed E-state index contributed by atoms with van der Waals surface area (Å²) in [5.41, 5.74) is 7.20. The molecular weight excluding hydrogens is 360 g/mol. The lowest BCUT2D eigenvalue weighted by molar-refractivity contribution is -0.120. The minimum absolute atomic E-state index is 0.177. The van der Waals surface area contributed by atoms with Gasteiger partial charge >= 0.3 is 6.03 Å². The molecule has 1 fully saturated rings. The Labute approximate surface area is 164 Å². The third kappa shape index (κ3) is 3.98. The van der Waals surface area contributed by atoms with E-state index in [9.17, 15) is 9.59 Å². The van der Waals surface area contributed by atoms with Gasteiger partial charge in [0.1, 0.15) is 4.75 Å². The van der Waals surface area contributed by atoms with E-state index in [0.29, 0.717) is 18.0 Å². The van der Waals surface area contributed by atoms with Crippen LogP contribution in [0.1, 0.15) is 58.8 Å². The summed E-state index contributed by atoms with van der Waals surface area (Å²) in [6, 6.07) is 7.58. The number of imidazole rings is 1. The number of nitrogens with two attached hydrogens (primary N) is 1. The Morgan fingerprint density at radius 3 is 2.52 bits per heavy atom. The summed E-state index contributed by atoms with van der Waals surface area (Å²) < 4.78 is 0.835. The molecule has 27 heavy (non-hydrogen) atoms. The Hall–Kier alpha value is -2.02. The zero-order valence-electron chi connectivity index (χ0n) is 16.0. The van der Waals surface area contributed by atoms with Crippen molar-refractivity contribution >= 4 is 34.7 Å². The maximum atomic E-state index is 13.1. The van der Waals surface area contributed by atoms with Gasteiger partial charge < -0.3 is 11.1 Å². The molecule has 1 aromatic carbocycles. The van der Waals surface area contributed by atoms with Gasteiger partial charge in [-0.05, 0) is 37.8 Å². The minimum Gasteiger partial charge on any atom is -0.368 e. The van der Waals surface area contributed by atoms with Gasteiger partial charge in [0, 0.05) is 6.04 Å². The van der Waals surface area contributed by atoms with Crippen molar-refractivity contribution in [2.24, 2.45) is 5.73 Å². The molecule has 3 rings (SSSR count). The molecule has 0 radical (unpaired) electrons. The van der Waals surface area contributed by atoms with Crippen LogP contribution in [0, 0.1) is 0 Å². The van der Waals surface area contributed by atoms with Gasteiger partial charge in [0.15, 0.2) is 5.16 Å². The first-order valence-electron chi connectivity index (χ1n) is 9.78. The highest BCUT2D eigenvalue weighted by Gasteiger charge is 2.37. The Morgan fingerprint density at radius 2 is 1.89 bits per heavy atom. The van der Waals surface area contributed by atoms with Crippen molar-refractivity contribution in [3.63, 3.8) is 0 Å². The average Bonchev–Trinajstić information content (AvgIpc) is 3.04. The van der Waals surface area contributed by atoms with Gasteiger partial charge in [-0.2, -0.15) is 0 Å². The Balaban J connectivity index is 1.98. The number of carbonyl (C=O) groups is 2. The van der Waals surface area contributed by atoms with E-state index < -0.39 is 4.75 Å². The van der Waals surface area contributed by atoms with Crippen LogP contribution in [0.25, 0.3) is 11.0 Å². The van der Waals surface area contributed by atoms with Crippen molar-refractivity contribution in [3.8, 4) is 0 Å². The van der Waals surface area contributed by atoms with Gasteiger partial charge in [0.05, 0.1) is 11.0 Å². The lowest BCUT2D eigenvalue weighted by atomic mass is 9.96. The molecule has 3 N–H and O–H groups in total. The van der Waals surface area contributed by atoms with Crippen molar-refractivity contribution in [1.29, 1.82) is 0 Å². The van der Waals surface area contributed by atoms with E-state index in [4.69, 9.17) is 5.73 Å². The average molecular weight is 389 g/mol. The summed E-state index contributed by atoms with van der Waals surface area (Å²) in [5.74, 6) is -0.371. The van der Waals surface area contributed by atoms with Crippen LogP contribution in [0.3, 0.4) is 0 Å². The predicted octanol–water partition coefficient (Wildman–Crippen LogP) is 4.06. The zero-order valence-corrected chi connectivity index (χ0v) is 16.8. The van der Waals surface area contributed by atoms with Crippen LogP contribution >= 0.6 is 11.8 Å². The topological polar surface area (TPSA) is 90.0 Å². The molecule has 1 aliphatic rings. The number of fused-ring (bicyclic) bond motifs is 1. The number of benzene rings is 1. The SMILES string of the molecule is CCC(CC)(Sc1nc2ccccc2n1C(=O)NC1CCCCC1)C(N)=O. The molecule has 146 valence electrons. The molecule has 2 amide bonds. The highest BCUT2D eigenvalue weighted by molar-refractivity contribution is 8.01. The number of thioether (sulfide) groups is 1. The first kappa shape index (κ1) is 19.7. The molecule has 1 saturated carbocycles. The molecule has 0 spiro atoms. The van der Waals surface area contributed by atoms with Gasteiger partial charge in [-0.3, -0.25) is 4.79 Å². The number of aromatic nitrogens is 2. The summed E-state index contributed by atoms with van der Waals surface area (Å²) in [5, 5.41) is 3.68. The van der Waals surface area contributed by atoms with Crippen LogP contribution in [0.2, 0.25) is 0 Å². The van der Waals surface area contributed by atoms with Crippen LogP contribution in [-0.2, 0) is 4.79 Å². The molecule has 0 unspecified atom stereocenters. The van der Waals surface area contributed by atoms with Gasteiger partial charge in [0.25, 0.3) is 0 Å². The summed E-state index contributed by atoms with van der Waals surface area (Å²) in [6.45, 7) is 3.88. The fourth-order valence-corrected chi connectivity index (χ4v) is 4.88. The molecular formula is C20H28N4O2S. The number of primary amides is 1. The van der Waals surface area contributed by atoms with E-state index >= 15 is 0 Å². The number of para-hydroxylation sites is 2. The van der Waals surface area contributed by atoms with E-state index in [1.807, 2.05) is 38.1 Å². The maximum Gasteiger partial charge on any atom is 0.328 e. The Bertz CT molecular complexity index is 822. The third-order valence-electron chi connectivity index (χ3n) is 5.54. The number of rotatable bonds is 6. The van der Waals surface area contributed by atoms with E-state index in [0.717, 1.165) is 36.7 Å². The van der Waals surface area contributed by atoms with Gasteiger partial charge in [0.2, 0.25) is 5.91 Å². The van der Waals surface area contributed by atoms with Crippen LogP contribution in [0.4, 0.5) is 4.79 Å². The van der Waals surface area contributed by atoms with Crippen LogP contribution < -0.4 is 11.1 Å². The fraction of sp³-hybridized carbons (Fsp3) is 0.550. The Kier molecular flexibility index (Phi) is 6.09. The van der Waals surface area contributed by atoms with Crippen molar-refractivity contribution in [1.82, 2.24) is 14.9 Å². The molecule has 1 aromatic heterocycles. The van der Waals surface area contributed by atoms with E-state index in [-0.39, 0.29) is 18.0 Å². The Morgan fingerprint density at radius 1 is 1.22 bits per heavy atom. The van der Waals surface area contributed by atoms with Crippen LogP contribution in [0.5, 0.6) is 0 Å². The molecule has 6 nitrogen and oxygen atoms in total. The van der Waals surface area contributed by atoms with Gasteiger partial charge in [-0.1, -0.05) is 57.0 Å². The summed E-state index contributed by atoms with van der Waals surface area (Å²) in [4.78, 5) is 29.9. The van der Waals surface area contributed by atoms with Crippen molar-refractivity contribution in [2.45, 2.75) is 74.7 Å². The summed E-state index contributed by atoms with van der Waals surface area (Å²) in [7, 11) is 0. The monoisotopic (exact) mass is 388 g/mol. The van der Waals surface area contributed by atoms with Crippen LogP contribution in [0.15, 0.2) is 29.4 Å². The first-order valence-corrected chi connectivity index (χ1v) is 10.6. The smallest absolute Gasteiger partial charge is 0.328 e. The highest BCUT2D eigenvalue weighted by atomic mass is 32.2. The van der Waals surface area contributed by atoms with Crippen LogP contribution in [-0.4, -0.2) is 32.3 Å². The number of carbonyl (C=O) groups excluding carboxylic acids is 2. The standard InChI is InChI=1S/C20H28N4O2S/c1-3-20(4-2,17(21)25)27-19-23-15-12-8-9-13-16(15)24(19)18(26)22-14-10-6-5-7-11-14/h8-9,12-14H,3-7,10-11H2,1-2H3,(H2,21,25)(H,22,26). The minimum atomic E-state index is -0.774. The second kappa shape index (κ2) is 8.33. The summed E-state index contributed by atoms with van der Waals surface area (Å²) >= 11 is 1.30. The fourth-order valence-electron chi connectivity index (χ4n) is 3.72. The van der Waals surface area contributed by atoms with E-state index in [1.54, 1.807) is 4.57 Å². The molecule has 0 atom stereocenters. The van der Waals surface area contributed by atoms with E-state index in [1.165, 1.54) is 18.2 Å². The lowest BCUT2D eigenvalue weighted by Crippen LogP contribution is -2.41. The molecule has 0 bridgehead atoms. The first-order chi connectivity index (χ1) is 13.0. The molecule has 7 heteroatoms. The zero-order chi connectivity index (χ0) is 19.4. The number of hydrogen-bond donors (Lipinski definition) is 2. The van der Waals surface area contributed by atoms with E-state index in [2.05, 4.69) is 10.3 Å². The van der Waals surface area contributed by atoms with Crippen molar-refractivity contribution in [2.75, 3.05) is 0 Å². The molecule has 1 aliphatic carbocycles. The highest BCUT2D eigenvalue weighted by Crippen LogP contribution is 2.39. The quantitative estimate of drug-likeness (QED) is 0.730. The van der Waals surface area contributed by atoms with Gasteiger partial charge in [-0.25, -0.2) is 14.3 Å². The van der Waals surface area contributed by atoms with Crippen molar-refractivity contribution < 1.29 is 9.59 Å². The largest absolute Gasteiger partial charge is 0.368 e. The molecule has 1 heterocycles. The van der Waals surface area contributed by atoms with Gasteiger partial charge in [-0.15, -0.1) is 0 Å². The van der Waals surface area contributed by atoms with Crippen molar-refractivity contribution in [3.05, 3.63) is 24.3 Å². The molecule has 0 saturated heterocycles. The molecule has 0 aliphatic heterocycles. The maximum absolute atomic E-state index is 13.1. The normalized spacial score (nSPS) is 15.8. The number of nitrogens with one attached hydrogen (secondary N) is 1. The number of amides is 2. The predicted molar refractivity (Wildman–Crippen MR) is 109 cm³/mol. The second-order valence-electron chi connectivity index (χ2n) is 7.17. The number of hydrogen-bond acceptors (Lipinski definition) is 4. The second-order valence-corrected chi connectivity index (χ2v) is 8.52.